The van der Waals surface area contributed by atoms with Crippen molar-refractivity contribution in [3.05, 3.63) is 77.0 Å². The zero-order valence-corrected chi connectivity index (χ0v) is 23.5. The van der Waals surface area contributed by atoms with Crippen LogP contribution < -0.4 is 14.8 Å². The number of hydrogen-bond donors (Lipinski definition) is 2. The van der Waals surface area contributed by atoms with Crippen LogP contribution in [-0.2, 0) is 16.2 Å². The number of alkyl halides is 3. The van der Waals surface area contributed by atoms with E-state index >= 15 is 4.39 Å². The SMILES string of the molecule is CN1CC(N[C@H]2C[C@@H](c3cccc(C(F)(F)F)c3)CC[C@@H]2Oc2cc(F)c(S(=O)(=O)Nc3ccncn3)cc2Cl)C1. The number of likely N-dealkylation sites (tertiary alicyclic amines) is 1. The van der Waals surface area contributed by atoms with Gasteiger partial charge in [0.05, 0.1) is 10.6 Å². The molecular formula is C27H28ClF4N5O3S. The summed E-state index contributed by atoms with van der Waals surface area (Å²) < 4.78 is 89.0. The normalized spacial score (nSPS) is 22.2. The first-order valence-corrected chi connectivity index (χ1v) is 14.8. The summed E-state index contributed by atoms with van der Waals surface area (Å²) in [6.45, 7) is 1.61. The van der Waals surface area contributed by atoms with E-state index in [0.717, 1.165) is 37.6 Å². The second-order valence-corrected chi connectivity index (χ2v) is 12.5. The Labute approximate surface area is 240 Å². The van der Waals surface area contributed by atoms with Crippen LogP contribution in [0.5, 0.6) is 5.75 Å². The largest absolute Gasteiger partial charge is 0.487 e. The van der Waals surface area contributed by atoms with Crippen molar-refractivity contribution >= 4 is 27.4 Å². The van der Waals surface area contributed by atoms with Gasteiger partial charge in [-0.25, -0.2) is 22.8 Å². The van der Waals surface area contributed by atoms with E-state index in [1.807, 2.05) is 7.05 Å². The molecule has 0 radical (unpaired) electrons. The fourth-order valence-electron chi connectivity index (χ4n) is 5.35. The fourth-order valence-corrected chi connectivity index (χ4v) is 6.72. The van der Waals surface area contributed by atoms with Gasteiger partial charge in [-0.1, -0.05) is 29.8 Å². The van der Waals surface area contributed by atoms with Crippen molar-refractivity contribution in [2.24, 2.45) is 0 Å². The van der Waals surface area contributed by atoms with Crippen molar-refractivity contribution in [3.63, 3.8) is 0 Å². The number of likely N-dealkylation sites (N-methyl/N-ethyl adjacent to an activating group) is 1. The van der Waals surface area contributed by atoms with E-state index in [9.17, 15) is 21.6 Å². The maximum Gasteiger partial charge on any atom is 0.416 e. The molecule has 2 aliphatic rings. The van der Waals surface area contributed by atoms with E-state index in [0.29, 0.717) is 24.8 Å². The molecule has 5 rings (SSSR count). The van der Waals surface area contributed by atoms with E-state index < -0.39 is 38.6 Å². The molecule has 220 valence electrons. The van der Waals surface area contributed by atoms with E-state index in [1.54, 1.807) is 6.07 Å². The Bertz CT molecular complexity index is 1490. The molecule has 2 aromatic carbocycles. The Morgan fingerprint density at radius 1 is 1.12 bits per heavy atom. The van der Waals surface area contributed by atoms with Crippen LogP contribution in [0, 0.1) is 5.82 Å². The molecule has 1 aliphatic carbocycles. The van der Waals surface area contributed by atoms with Gasteiger partial charge in [-0.2, -0.15) is 13.2 Å². The number of anilines is 1. The molecule has 41 heavy (non-hydrogen) atoms. The molecule has 1 aliphatic heterocycles. The molecule has 2 fully saturated rings. The molecule has 0 amide bonds. The van der Waals surface area contributed by atoms with E-state index in [1.165, 1.54) is 24.4 Å². The van der Waals surface area contributed by atoms with Gasteiger partial charge in [0.25, 0.3) is 10.0 Å². The molecule has 1 aromatic heterocycles. The first kappa shape index (κ1) is 29.5. The average Bonchev–Trinajstić information content (AvgIpc) is 2.90. The first-order valence-electron chi connectivity index (χ1n) is 13.0. The molecule has 2 N–H and O–H groups in total. The van der Waals surface area contributed by atoms with Crippen molar-refractivity contribution in [2.75, 3.05) is 24.9 Å². The lowest BCUT2D eigenvalue weighted by molar-refractivity contribution is -0.137. The molecule has 3 atom stereocenters. The molecule has 8 nitrogen and oxygen atoms in total. The van der Waals surface area contributed by atoms with Crippen LogP contribution in [0.15, 0.2) is 59.9 Å². The number of sulfonamides is 1. The summed E-state index contributed by atoms with van der Waals surface area (Å²) in [5.74, 6) is -1.26. The van der Waals surface area contributed by atoms with Crippen molar-refractivity contribution < 1.29 is 30.7 Å². The molecule has 1 saturated carbocycles. The zero-order chi connectivity index (χ0) is 29.4. The Morgan fingerprint density at radius 3 is 2.59 bits per heavy atom. The predicted molar refractivity (Wildman–Crippen MR) is 145 cm³/mol. The van der Waals surface area contributed by atoms with E-state index in [2.05, 4.69) is 24.9 Å². The number of ether oxygens (including phenoxy) is 1. The number of hydrogen-bond acceptors (Lipinski definition) is 7. The molecule has 2 heterocycles. The Kier molecular flexibility index (Phi) is 8.42. The van der Waals surface area contributed by atoms with Gasteiger partial charge in [-0.05, 0) is 56.0 Å². The highest BCUT2D eigenvalue weighted by atomic mass is 35.5. The highest BCUT2D eigenvalue weighted by Crippen LogP contribution is 2.39. The number of nitrogens with zero attached hydrogens (tertiary/aromatic N) is 3. The number of aromatic nitrogens is 2. The summed E-state index contributed by atoms with van der Waals surface area (Å²) in [6.07, 6.45) is -0.915. The third-order valence-corrected chi connectivity index (χ3v) is 9.03. The van der Waals surface area contributed by atoms with Crippen LogP contribution in [0.3, 0.4) is 0 Å². The van der Waals surface area contributed by atoms with Crippen molar-refractivity contribution in [1.82, 2.24) is 20.2 Å². The Hall–Kier alpha value is -3.00. The van der Waals surface area contributed by atoms with Gasteiger partial charge in [0, 0.05) is 37.4 Å². The van der Waals surface area contributed by atoms with Gasteiger partial charge in [-0.3, -0.25) is 4.72 Å². The Balaban J connectivity index is 1.35. The number of nitrogens with one attached hydrogen (secondary N) is 2. The lowest BCUT2D eigenvalue weighted by atomic mass is 9.79. The van der Waals surface area contributed by atoms with Gasteiger partial charge in [0.15, 0.2) is 0 Å². The molecule has 0 bridgehead atoms. The van der Waals surface area contributed by atoms with Gasteiger partial charge < -0.3 is 15.0 Å². The predicted octanol–water partition coefficient (Wildman–Crippen LogP) is 5.08. The molecule has 0 unspecified atom stereocenters. The van der Waals surface area contributed by atoms with Gasteiger partial charge in [0.1, 0.15) is 34.7 Å². The van der Waals surface area contributed by atoms with Crippen LogP contribution >= 0.6 is 11.6 Å². The van der Waals surface area contributed by atoms with Crippen molar-refractivity contribution in [3.8, 4) is 5.75 Å². The first-order chi connectivity index (χ1) is 19.4. The minimum Gasteiger partial charge on any atom is -0.487 e. The van der Waals surface area contributed by atoms with Crippen LogP contribution in [0.2, 0.25) is 5.02 Å². The van der Waals surface area contributed by atoms with Crippen LogP contribution in [0.25, 0.3) is 0 Å². The van der Waals surface area contributed by atoms with Crippen molar-refractivity contribution in [1.29, 1.82) is 0 Å². The molecule has 3 aromatic rings. The monoisotopic (exact) mass is 613 g/mol. The zero-order valence-electron chi connectivity index (χ0n) is 21.9. The number of halogens is 5. The van der Waals surface area contributed by atoms with Crippen LogP contribution in [0.4, 0.5) is 23.4 Å². The summed E-state index contributed by atoms with van der Waals surface area (Å²) >= 11 is 6.38. The third kappa shape index (κ3) is 6.91. The lowest BCUT2D eigenvalue weighted by Gasteiger charge is -2.44. The van der Waals surface area contributed by atoms with Crippen LogP contribution in [0.1, 0.15) is 36.3 Å². The Morgan fingerprint density at radius 2 is 1.90 bits per heavy atom. The second-order valence-electron chi connectivity index (χ2n) is 10.4. The molecule has 14 heteroatoms. The summed E-state index contributed by atoms with van der Waals surface area (Å²) in [7, 11) is -2.37. The highest BCUT2D eigenvalue weighted by molar-refractivity contribution is 7.92. The highest BCUT2D eigenvalue weighted by Gasteiger charge is 2.38. The summed E-state index contributed by atoms with van der Waals surface area (Å²) in [4.78, 5) is 8.95. The standard InChI is InChI=1S/C27H28ClF4N5O3S/c1-37-13-19(14-37)35-22-10-17(16-3-2-4-18(9-16)27(30,31)32)5-6-23(22)40-24-12-21(29)25(11-20(24)28)41(38,39)36-26-7-8-33-15-34-26/h2-4,7-9,11-12,15,17,19,22-23,35H,5-6,10,13-14H2,1H3,(H,33,34,36)/t17-,22-,23-/m0/s1. The maximum absolute atomic E-state index is 15.1. The topological polar surface area (TPSA) is 96.5 Å². The summed E-state index contributed by atoms with van der Waals surface area (Å²) in [5.41, 5.74) is -0.0874. The average molecular weight is 614 g/mol. The van der Waals surface area contributed by atoms with E-state index in [4.69, 9.17) is 16.3 Å². The van der Waals surface area contributed by atoms with Gasteiger partial charge in [-0.15, -0.1) is 0 Å². The smallest absolute Gasteiger partial charge is 0.416 e. The third-order valence-electron chi connectivity index (χ3n) is 7.36. The van der Waals surface area contributed by atoms with Gasteiger partial charge in [0.2, 0.25) is 0 Å². The number of benzene rings is 2. The minimum absolute atomic E-state index is 0.0230. The van der Waals surface area contributed by atoms with Crippen molar-refractivity contribution in [2.45, 2.75) is 54.4 Å². The molecule has 0 spiro atoms. The second kappa shape index (κ2) is 11.7. The van der Waals surface area contributed by atoms with E-state index in [-0.39, 0.29) is 34.6 Å². The van der Waals surface area contributed by atoms with Gasteiger partial charge >= 0.3 is 6.18 Å². The summed E-state index contributed by atoms with van der Waals surface area (Å²) in [5, 5.41) is 3.45. The summed E-state index contributed by atoms with van der Waals surface area (Å²) in [6, 6.07) is 8.52. The number of rotatable bonds is 8. The lowest BCUT2D eigenvalue weighted by Crippen LogP contribution is -2.61. The maximum atomic E-state index is 15.1. The molecular weight excluding hydrogens is 586 g/mol. The molecule has 1 saturated heterocycles. The fraction of sp³-hybridized carbons (Fsp3) is 0.407. The van der Waals surface area contributed by atoms with Crippen LogP contribution in [-0.4, -0.2) is 61.6 Å². The quantitative estimate of drug-likeness (QED) is 0.342. The minimum atomic E-state index is -4.44.